The molecule has 1 N–H and O–H groups in total. The highest BCUT2D eigenvalue weighted by Crippen LogP contribution is 2.22. The molecule has 2 aromatic rings. The van der Waals surface area contributed by atoms with Crippen LogP contribution in [0.15, 0.2) is 39.8 Å². The molecule has 2 heterocycles. The van der Waals surface area contributed by atoms with Crippen LogP contribution in [-0.2, 0) is 6.54 Å². The lowest BCUT2D eigenvalue weighted by Gasteiger charge is -2.37. The molecule has 8 heteroatoms. The summed E-state index contributed by atoms with van der Waals surface area (Å²) < 4.78 is 10.7. The van der Waals surface area contributed by atoms with E-state index in [9.17, 15) is 0 Å². The molecule has 7 nitrogen and oxygen atoms in total. The fourth-order valence-electron chi connectivity index (χ4n) is 3.17. The van der Waals surface area contributed by atoms with Gasteiger partial charge in [-0.1, -0.05) is 25.1 Å². The highest BCUT2D eigenvalue weighted by atomic mass is 127. The van der Waals surface area contributed by atoms with E-state index in [2.05, 4.69) is 51.2 Å². The molecular weight excluding hydrogens is 469 g/mol. The zero-order valence-corrected chi connectivity index (χ0v) is 19.3. The maximum absolute atomic E-state index is 5.40. The number of hydrogen-bond donors (Lipinski definition) is 1. The van der Waals surface area contributed by atoms with Gasteiger partial charge in [0.15, 0.2) is 11.7 Å². The van der Waals surface area contributed by atoms with Crippen LogP contribution in [0, 0.1) is 0 Å². The van der Waals surface area contributed by atoms with Crippen molar-refractivity contribution in [3.8, 4) is 5.75 Å². The van der Waals surface area contributed by atoms with Gasteiger partial charge in [0.1, 0.15) is 5.75 Å². The minimum absolute atomic E-state index is 0. The summed E-state index contributed by atoms with van der Waals surface area (Å²) in [6.45, 7) is 8.49. The summed E-state index contributed by atoms with van der Waals surface area (Å²) in [5, 5.41) is 7.49. The fourth-order valence-corrected chi connectivity index (χ4v) is 3.17. The maximum atomic E-state index is 5.40. The van der Waals surface area contributed by atoms with Crippen LogP contribution in [-0.4, -0.2) is 56.4 Å². The Bertz CT molecular complexity index is 769. The Hall–Kier alpha value is -1.97. The third kappa shape index (κ3) is 5.52. The second-order valence-corrected chi connectivity index (χ2v) is 6.95. The maximum Gasteiger partial charge on any atom is 0.194 e. The van der Waals surface area contributed by atoms with Crippen molar-refractivity contribution < 1.29 is 9.26 Å². The molecule has 1 aromatic carbocycles. The molecule has 1 aromatic heterocycles. The van der Waals surface area contributed by atoms with Crippen LogP contribution in [0.4, 0.5) is 5.69 Å². The van der Waals surface area contributed by atoms with E-state index in [4.69, 9.17) is 9.26 Å². The molecule has 3 rings (SSSR count). The van der Waals surface area contributed by atoms with Gasteiger partial charge in [-0.2, -0.15) is 0 Å². The highest BCUT2D eigenvalue weighted by Gasteiger charge is 2.20. The zero-order valence-electron chi connectivity index (χ0n) is 17.0. The Morgan fingerprint density at radius 1 is 1.25 bits per heavy atom. The Morgan fingerprint density at radius 2 is 2.00 bits per heavy atom. The number of nitrogens with zero attached hydrogens (tertiary/aromatic N) is 4. The average Bonchev–Trinajstić information content (AvgIpc) is 3.18. The number of aliphatic imine (C=N–C) groups is 1. The van der Waals surface area contributed by atoms with Crippen LogP contribution in [0.3, 0.4) is 0 Å². The van der Waals surface area contributed by atoms with Crippen molar-refractivity contribution in [3.63, 3.8) is 0 Å². The van der Waals surface area contributed by atoms with Gasteiger partial charge in [0.05, 0.1) is 19.3 Å². The summed E-state index contributed by atoms with van der Waals surface area (Å²) >= 11 is 0. The minimum Gasteiger partial charge on any atom is -0.497 e. The SMILES string of the molecule is CN=C(NCc1cc(C(C)C)no1)N1CCN(c2cccc(OC)c2)CC1.I. The van der Waals surface area contributed by atoms with Gasteiger partial charge < -0.3 is 24.4 Å². The molecule has 0 bridgehead atoms. The lowest BCUT2D eigenvalue weighted by atomic mass is 10.1. The van der Waals surface area contributed by atoms with Crippen molar-refractivity contribution in [1.82, 2.24) is 15.4 Å². The van der Waals surface area contributed by atoms with Gasteiger partial charge in [0.2, 0.25) is 0 Å². The van der Waals surface area contributed by atoms with Crippen molar-refractivity contribution in [2.24, 2.45) is 4.99 Å². The normalized spacial score (nSPS) is 14.8. The third-order valence-corrected chi connectivity index (χ3v) is 4.80. The molecule has 1 aliphatic rings. The van der Waals surface area contributed by atoms with Gasteiger partial charge in [0.25, 0.3) is 0 Å². The number of benzene rings is 1. The number of aromatic nitrogens is 1. The van der Waals surface area contributed by atoms with E-state index < -0.39 is 0 Å². The van der Waals surface area contributed by atoms with E-state index in [0.717, 1.165) is 49.3 Å². The number of anilines is 1. The van der Waals surface area contributed by atoms with Crippen LogP contribution in [0.1, 0.15) is 31.2 Å². The van der Waals surface area contributed by atoms with Crippen LogP contribution < -0.4 is 15.0 Å². The predicted octanol–water partition coefficient (Wildman–Crippen LogP) is 3.32. The first-order valence-electron chi connectivity index (χ1n) is 9.40. The van der Waals surface area contributed by atoms with Gasteiger partial charge in [-0.05, 0) is 18.1 Å². The number of hydrogen-bond acceptors (Lipinski definition) is 5. The van der Waals surface area contributed by atoms with Gasteiger partial charge in [0, 0.05) is 51.0 Å². The van der Waals surface area contributed by atoms with Crippen molar-refractivity contribution in [1.29, 1.82) is 0 Å². The number of nitrogens with one attached hydrogen (secondary N) is 1. The standard InChI is InChI=1S/C20H29N5O2.HI/c1-15(2)19-13-18(27-23-19)14-22-20(21-3)25-10-8-24(9-11-25)16-6-5-7-17(12-16)26-4;/h5-7,12-13,15H,8-11,14H2,1-4H3,(H,21,22);1H. The number of halogens is 1. The Kier molecular flexibility index (Phi) is 8.40. The molecule has 1 fully saturated rings. The van der Waals surface area contributed by atoms with E-state index in [1.54, 1.807) is 7.11 Å². The molecule has 0 atom stereocenters. The summed E-state index contributed by atoms with van der Waals surface area (Å²) in [7, 11) is 3.52. The molecule has 154 valence electrons. The molecule has 0 aliphatic carbocycles. The summed E-state index contributed by atoms with van der Waals surface area (Å²) in [5.74, 6) is 2.98. The second-order valence-electron chi connectivity index (χ2n) is 6.95. The first-order chi connectivity index (χ1) is 13.1. The molecule has 0 saturated carbocycles. The zero-order chi connectivity index (χ0) is 19.2. The molecule has 0 spiro atoms. The monoisotopic (exact) mass is 499 g/mol. The number of guanidine groups is 1. The van der Waals surface area contributed by atoms with Gasteiger partial charge in [-0.25, -0.2) is 0 Å². The third-order valence-electron chi connectivity index (χ3n) is 4.80. The number of methoxy groups -OCH3 is 1. The van der Waals surface area contributed by atoms with E-state index in [1.165, 1.54) is 5.69 Å². The largest absolute Gasteiger partial charge is 0.497 e. The van der Waals surface area contributed by atoms with Crippen molar-refractivity contribution >= 4 is 35.6 Å². The lowest BCUT2D eigenvalue weighted by molar-refractivity contribution is 0.355. The molecular formula is C20H30IN5O2. The quantitative estimate of drug-likeness (QED) is 0.387. The first kappa shape index (κ1) is 22.3. The highest BCUT2D eigenvalue weighted by molar-refractivity contribution is 14.0. The molecule has 0 radical (unpaired) electrons. The predicted molar refractivity (Wildman–Crippen MR) is 123 cm³/mol. The van der Waals surface area contributed by atoms with Gasteiger partial charge in [-0.15, -0.1) is 24.0 Å². The van der Waals surface area contributed by atoms with Gasteiger partial charge >= 0.3 is 0 Å². The number of piperazine rings is 1. The molecule has 28 heavy (non-hydrogen) atoms. The Morgan fingerprint density at radius 3 is 2.61 bits per heavy atom. The van der Waals surface area contributed by atoms with Crippen LogP contribution >= 0.6 is 24.0 Å². The van der Waals surface area contributed by atoms with Crippen molar-refractivity contribution in [2.45, 2.75) is 26.3 Å². The van der Waals surface area contributed by atoms with Crippen LogP contribution in [0.25, 0.3) is 0 Å². The topological polar surface area (TPSA) is 66.1 Å². The average molecular weight is 499 g/mol. The van der Waals surface area contributed by atoms with E-state index in [0.29, 0.717) is 12.5 Å². The Labute approximate surface area is 184 Å². The van der Waals surface area contributed by atoms with Gasteiger partial charge in [-0.3, -0.25) is 4.99 Å². The van der Waals surface area contributed by atoms with Crippen molar-refractivity contribution in [2.75, 3.05) is 45.2 Å². The van der Waals surface area contributed by atoms with Crippen LogP contribution in [0.2, 0.25) is 0 Å². The summed E-state index contributed by atoms with van der Waals surface area (Å²) in [6.07, 6.45) is 0. The summed E-state index contributed by atoms with van der Waals surface area (Å²) in [5.41, 5.74) is 2.17. The molecule has 0 amide bonds. The minimum atomic E-state index is 0. The van der Waals surface area contributed by atoms with E-state index in [1.807, 2.05) is 25.2 Å². The second kappa shape index (κ2) is 10.5. The lowest BCUT2D eigenvalue weighted by Crippen LogP contribution is -2.52. The first-order valence-corrected chi connectivity index (χ1v) is 9.40. The van der Waals surface area contributed by atoms with Crippen LogP contribution in [0.5, 0.6) is 5.75 Å². The number of rotatable bonds is 5. The molecule has 0 unspecified atom stereocenters. The van der Waals surface area contributed by atoms with E-state index in [-0.39, 0.29) is 24.0 Å². The summed E-state index contributed by atoms with van der Waals surface area (Å²) in [4.78, 5) is 9.07. The Balaban J connectivity index is 0.00000280. The fraction of sp³-hybridized carbons (Fsp3) is 0.500. The summed E-state index contributed by atoms with van der Waals surface area (Å²) in [6, 6.07) is 10.2. The number of ether oxygens (including phenoxy) is 1. The molecule has 1 saturated heterocycles. The van der Waals surface area contributed by atoms with E-state index >= 15 is 0 Å². The molecule has 1 aliphatic heterocycles. The van der Waals surface area contributed by atoms with Crippen molar-refractivity contribution in [3.05, 3.63) is 41.8 Å². The smallest absolute Gasteiger partial charge is 0.194 e.